The van der Waals surface area contributed by atoms with E-state index in [1.807, 2.05) is 5.32 Å². The Labute approximate surface area is 109 Å². The molecule has 0 saturated carbocycles. The molecule has 0 aliphatic heterocycles. The molecule has 19 heavy (non-hydrogen) atoms. The Morgan fingerprint density at radius 1 is 1.42 bits per heavy atom. The fourth-order valence-corrected chi connectivity index (χ4v) is 1.20. The lowest BCUT2D eigenvalue weighted by Gasteiger charge is -2.02. The van der Waals surface area contributed by atoms with Gasteiger partial charge in [0.2, 0.25) is 0 Å². The molecule has 98 valence electrons. The van der Waals surface area contributed by atoms with E-state index in [0.29, 0.717) is 5.56 Å². The van der Waals surface area contributed by atoms with Gasteiger partial charge in [-0.15, -0.1) is 0 Å². The van der Waals surface area contributed by atoms with Gasteiger partial charge >= 0.3 is 6.09 Å². The molecule has 1 N–H and O–H groups in total. The van der Waals surface area contributed by atoms with Crippen molar-refractivity contribution < 1.29 is 18.7 Å². The van der Waals surface area contributed by atoms with E-state index in [4.69, 9.17) is 5.26 Å². The Balaban J connectivity index is 2.83. The van der Waals surface area contributed by atoms with Crippen molar-refractivity contribution in [3.63, 3.8) is 0 Å². The molecule has 1 aromatic carbocycles. The first kappa shape index (κ1) is 14.4. The monoisotopic (exact) mass is 262 g/mol. The lowest BCUT2D eigenvalue weighted by atomic mass is 10.1. The molecule has 0 saturated heterocycles. The van der Waals surface area contributed by atoms with E-state index in [0.717, 1.165) is 0 Å². The molecule has 0 bridgehead atoms. The van der Waals surface area contributed by atoms with Gasteiger partial charge in [-0.25, -0.2) is 9.18 Å². The zero-order valence-electron chi connectivity index (χ0n) is 10.1. The standard InChI is InChI=1S/C13H11FN2O3/c1-2-19-13(18)16-12(17)10(8-15)7-9-3-5-11(14)6-4-9/h3-7H,2H2,1H3,(H,16,17,18)/b10-7-. The van der Waals surface area contributed by atoms with Crippen LogP contribution in [0.5, 0.6) is 0 Å². The van der Waals surface area contributed by atoms with Gasteiger partial charge < -0.3 is 4.74 Å². The molecule has 0 spiro atoms. The number of halogens is 1. The van der Waals surface area contributed by atoms with Crippen molar-refractivity contribution in [1.29, 1.82) is 5.26 Å². The second kappa shape index (κ2) is 6.91. The van der Waals surface area contributed by atoms with Gasteiger partial charge in [0.15, 0.2) is 0 Å². The summed E-state index contributed by atoms with van der Waals surface area (Å²) in [7, 11) is 0. The van der Waals surface area contributed by atoms with Crippen LogP contribution < -0.4 is 5.32 Å². The summed E-state index contributed by atoms with van der Waals surface area (Å²) in [6.07, 6.45) is 0.321. The number of carbonyl (C=O) groups excluding carboxylic acids is 2. The normalized spacial score (nSPS) is 10.5. The molecule has 0 heterocycles. The number of hydrogen-bond acceptors (Lipinski definition) is 4. The Morgan fingerprint density at radius 2 is 2.05 bits per heavy atom. The molecular formula is C13H11FN2O3. The zero-order valence-corrected chi connectivity index (χ0v) is 10.1. The van der Waals surface area contributed by atoms with Crippen LogP contribution in [0.25, 0.3) is 6.08 Å². The molecule has 0 aliphatic carbocycles. The Bertz CT molecular complexity index is 544. The topological polar surface area (TPSA) is 79.2 Å². The number of ether oxygens (including phenoxy) is 1. The van der Waals surface area contributed by atoms with Crippen LogP contribution in [0.3, 0.4) is 0 Å². The van der Waals surface area contributed by atoms with Crippen molar-refractivity contribution in [1.82, 2.24) is 5.32 Å². The molecule has 0 radical (unpaired) electrons. The highest BCUT2D eigenvalue weighted by molar-refractivity contribution is 6.07. The van der Waals surface area contributed by atoms with Gasteiger partial charge in [-0.3, -0.25) is 10.1 Å². The largest absolute Gasteiger partial charge is 0.450 e. The predicted octanol–water partition coefficient (Wildman–Crippen LogP) is 2.01. The summed E-state index contributed by atoms with van der Waals surface area (Å²) in [6.45, 7) is 1.70. The van der Waals surface area contributed by atoms with Crippen LogP contribution in [0.4, 0.5) is 9.18 Å². The number of alkyl carbamates (subject to hydrolysis) is 1. The molecule has 6 heteroatoms. The van der Waals surface area contributed by atoms with Crippen LogP contribution in [0, 0.1) is 17.1 Å². The van der Waals surface area contributed by atoms with Crippen LogP contribution >= 0.6 is 0 Å². The second-order valence-corrected chi connectivity index (χ2v) is 3.40. The molecule has 2 amide bonds. The van der Waals surface area contributed by atoms with E-state index in [2.05, 4.69) is 4.74 Å². The van der Waals surface area contributed by atoms with E-state index in [-0.39, 0.29) is 12.2 Å². The maximum absolute atomic E-state index is 12.7. The van der Waals surface area contributed by atoms with Crippen LogP contribution in [-0.4, -0.2) is 18.6 Å². The molecular weight excluding hydrogens is 251 g/mol. The first-order valence-electron chi connectivity index (χ1n) is 5.42. The van der Waals surface area contributed by atoms with Crippen molar-refractivity contribution in [2.45, 2.75) is 6.92 Å². The van der Waals surface area contributed by atoms with Crippen LogP contribution in [0.15, 0.2) is 29.8 Å². The number of amides is 2. The van der Waals surface area contributed by atoms with Gasteiger partial charge in [-0.2, -0.15) is 5.26 Å². The predicted molar refractivity (Wildman–Crippen MR) is 65.2 cm³/mol. The molecule has 1 rings (SSSR count). The van der Waals surface area contributed by atoms with E-state index < -0.39 is 17.8 Å². The molecule has 0 fully saturated rings. The quantitative estimate of drug-likeness (QED) is 0.667. The van der Waals surface area contributed by atoms with E-state index in [1.165, 1.54) is 30.3 Å². The summed E-state index contributed by atoms with van der Waals surface area (Å²) in [5.41, 5.74) is 0.191. The molecule has 0 aliphatic rings. The highest BCUT2D eigenvalue weighted by atomic mass is 19.1. The second-order valence-electron chi connectivity index (χ2n) is 3.40. The fourth-order valence-electron chi connectivity index (χ4n) is 1.20. The summed E-state index contributed by atoms with van der Waals surface area (Å²) in [5, 5.41) is 10.7. The Morgan fingerprint density at radius 3 is 2.58 bits per heavy atom. The third-order valence-corrected chi connectivity index (χ3v) is 2.04. The van der Waals surface area contributed by atoms with Crippen molar-refractivity contribution in [3.05, 3.63) is 41.2 Å². The number of benzene rings is 1. The third kappa shape index (κ3) is 4.60. The average molecular weight is 262 g/mol. The SMILES string of the molecule is CCOC(=O)NC(=O)/C(C#N)=C\c1ccc(F)cc1. The van der Waals surface area contributed by atoms with E-state index in [9.17, 15) is 14.0 Å². The number of rotatable bonds is 3. The summed E-state index contributed by atoms with van der Waals surface area (Å²) in [5.74, 6) is -1.29. The van der Waals surface area contributed by atoms with Gasteiger partial charge in [0.05, 0.1) is 6.61 Å². The lowest BCUT2D eigenvalue weighted by molar-refractivity contribution is -0.116. The minimum Gasteiger partial charge on any atom is -0.450 e. The molecule has 0 atom stereocenters. The number of hydrogen-bond donors (Lipinski definition) is 1. The third-order valence-electron chi connectivity index (χ3n) is 2.04. The van der Waals surface area contributed by atoms with Gasteiger partial charge in [-0.05, 0) is 30.7 Å². The van der Waals surface area contributed by atoms with Gasteiger partial charge in [0.1, 0.15) is 17.5 Å². The molecule has 0 aromatic heterocycles. The number of nitrogens with one attached hydrogen (secondary N) is 1. The molecule has 1 aromatic rings. The number of nitriles is 1. The zero-order chi connectivity index (χ0) is 14.3. The maximum atomic E-state index is 12.7. The highest BCUT2D eigenvalue weighted by Gasteiger charge is 2.13. The summed E-state index contributed by atoms with van der Waals surface area (Å²) >= 11 is 0. The van der Waals surface area contributed by atoms with Crippen LogP contribution in [0.1, 0.15) is 12.5 Å². The van der Waals surface area contributed by atoms with Gasteiger partial charge in [-0.1, -0.05) is 12.1 Å². The summed E-state index contributed by atoms with van der Waals surface area (Å²) in [4.78, 5) is 22.6. The van der Waals surface area contributed by atoms with Gasteiger partial charge in [0.25, 0.3) is 5.91 Å². The van der Waals surface area contributed by atoms with Crippen LogP contribution in [0.2, 0.25) is 0 Å². The number of imide groups is 1. The Kier molecular flexibility index (Phi) is 5.23. The molecule has 0 unspecified atom stereocenters. The van der Waals surface area contributed by atoms with E-state index in [1.54, 1.807) is 13.0 Å². The first-order valence-corrected chi connectivity index (χ1v) is 5.42. The summed E-state index contributed by atoms with van der Waals surface area (Å²) in [6, 6.07) is 6.87. The fraction of sp³-hybridized carbons (Fsp3) is 0.154. The minimum atomic E-state index is -0.923. The number of nitrogens with zero attached hydrogens (tertiary/aromatic N) is 1. The van der Waals surface area contributed by atoms with Crippen molar-refractivity contribution in [3.8, 4) is 6.07 Å². The number of carbonyl (C=O) groups is 2. The van der Waals surface area contributed by atoms with Crippen molar-refractivity contribution >= 4 is 18.1 Å². The smallest absolute Gasteiger partial charge is 0.414 e. The average Bonchev–Trinajstić information content (AvgIpc) is 2.38. The summed E-state index contributed by atoms with van der Waals surface area (Å²) < 4.78 is 17.2. The van der Waals surface area contributed by atoms with Crippen molar-refractivity contribution in [2.75, 3.05) is 6.61 Å². The van der Waals surface area contributed by atoms with Crippen LogP contribution in [-0.2, 0) is 9.53 Å². The Hall–Kier alpha value is -2.68. The highest BCUT2D eigenvalue weighted by Crippen LogP contribution is 2.08. The molecule has 5 nitrogen and oxygen atoms in total. The van der Waals surface area contributed by atoms with E-state index >= 15 is 0 Å². The maximum Gasteiger partial charge on any atom is 0.414 e. The first-order chi connectivity index (χ1) is 9.06. The van der Waals surface area contributed by atoms with Crippen molar-refractivity contribution in [2.24, 2.45) is 0 Å². The minimum absolute atomic E-state index is 0.114. The lowest BCUT2D eigenvalue weighted by Crippen LogP contribution is -2.31. The van der Waals surface area contributed by atoms with Gasteiger partial charge in [0, 0.05) is 0 Å².